The zero-order valence-electron chi connectivity index (χ0n) is 15.2. The maximum atomic E-state index is 13.4. The summed E-state index contributed by atoms with van der Waals surface area (Å²) in [6.07, 6.45) is 0. The molecule has 0 unspecified atom stereocenters. The first-order valence-electron chi connectivity index (χ1n) is 8.72. The fourth-order valence-corrected chi connectivity index (χ4v) is 6.36. The largest absolute Gasteiger partial charge is 0.465 e. The number of nitrogens with two attached hydrogens (primary N) is 1. The molecule has 0 heterocycles. The van der Waals surface area contributed by atoms with Crippen molar-refractivity contribution in [2.45, 2.75) is 29.9 Å². The minimum Gasteiger partial charge on any atom is -0.465 e. The number of aryl methyl sites for hydroxylation is 1. The van der Waals surface area contributed by atoms with Crippen LogP contribution in [-0.4, -0.2) is 32.8 Å². The lowest BCUT2D eigenvalue weighted by atomic mass is 9.99. The second-order valence-electron chi connectivity index (χ2n) is 6.77. The number of rotatable bonds is 6. The van der Waals surface area contributed by atoms with Gasteiger partial charge in [-0.2, -0.15) is 0 Å². The Hall–Kier alpha value is -1.70. The molecule has 1 aliphatic rings. The van der Waals surface area contributed by atoms with Crippen molar-refractivity contribution in [3.63, 3.8) is 0 Å². The van der Waals surface area contributed by atoms with Crippen LogP contribution in [-0.2, 0) is 19.4 Å². The van der Waals surface area contributed by atoms with Gasteiger partial charge < -0.3 is 10.5 Å². The molecule has 5 nitrogen and oxygen atoms in total. The fraction of sp³-hybridized carbons (Fsp3) is 0.350. The van der Waals surface area contributed by atoms with Crippen LogP contribution in [0.4, 0.5) is 0 Å². The second-order valence-corrected chi connectivity index (χ2v) is 9.76. The van der Waals surface area contributed by atoms with Crippen molar-refractivity contribution < 1.29 is 17.9 Å². The molecule has 0 radical (unpaired) electrons. The van der Waals surface area contributed by atoms with E-state index in [1.807, 2.05) is 31.2 Å². The molecule has 27 heavy (non-hydrogen) atoms. The topological polar surface area (TPSA) is 86.5 Å². The van der Waals surface area contributed by atoms with Crippen molar-refractivity contribution in [2.24, 2.45) is 11.1 Å². The summed E-state index contributed by atoms with van der Waals surface area (Å²) in [5.74, 6) is -1.10. The van der Waals surface area contributed by atoms with Crippen molar-refractivity contribution in [1.82, 2.24) is 0 Å². The minimum absolute atomic E-state index is 0.0949. The van der Waals surface area contributed by atoms with Crippen molar-refractivity contribution in [3.8, 4) is 0 Å². The molecule has 0 saturated heterocycles. The Bertz CT molecular complexity index is 941. The van der Waals surface area contributed by atoms with Gasteiger partial charge in [-0.15, -0.1) is 0 Å². The van der Waals surface area contributed by atoms with Crippen molar-refractivity contribution in [1.29, 1.82) is 0 Å². The number of hydrogen-bond donors (Lipinski definition) is 1. The third kappa shape index (κ3) is 3.32. The summed E-state index contributed by atoms with van der Waals surface area (Å²) in [5, 5.41) is -0.946. The van der Waals surface area contributed by atoms with Crippen LogP contribution in [0.2, 0.25) is 0 Å². The van der Waals surface area contributed by atoms with Gasteiger partial charge in [0.05, 0.1) is 16.8 Å². The number of hydrogen-bond acceptors (Lipinski definition) is 5. The summed E-state index contributed by atoms with van der Waals surface area (Å²) in [7, 11) is -3.77. The third-order valence-electron chi connectivity index (χ3n) is 5.16. The molecule has 1 saturated carbocycles. The number of halogens is 1. The summed E-state index contributed by atoms with van der Waals surface area (Å²) in [5.41, 5.74) is 6.43. The number of carbonyl (C=O) groups excluding carboxylic acids is 1. The smallest absolute Gasteiger partial charge is 0.315 e. The SMILES string of the molecule is CCOC(=O)[C@@]1(CN)[C@H](S(=O)(=O)c2ccc(C)cc2)[C@@H]1c1ccc(Br)cc1. The summed E-state index contributed by atoms with van der Waals surface area (Å²) >= 11 is 3.38. The van der Waals surface area contributed by atoms with Crippen LogP contribution >= 0.6 is 15.9 Å². The Balaban J connectivity index is 2.10. The van der Waals surface area contributed by atoms with E-state index in [9.17, 15) is 13.2 Å². The number of carbonyl (C=O) groups is 1. The van der Waals surface area contributed by atoms with Crippen LogP contribution < -0.4 is 5.73 Å². The fourth-order valence-electron chi connectivity index (χ4n) is 3.71. The number of ether oxygens (including phenoxy) is 1. The predicted molar refractivity (Wildman–Crippen MR) is 107 cm³/mol. The predicted octanol–water partition coefficient (Wildman–Crippen LogP) is 3.21. The average molecular weight is 452 g/mol. The standard InChI is InChI=1S/C20H22BrNO4S/c1-3-26-19(23)20(12-22)17(14-6-8-15(21)9-7-14)18(20)27(24,25)16-10-4-13(2)5-11-16/h4-11,17-18H,3,12,22H2,1-2H3/t17-,18+,20+/m0/s1. The van der Waals surface area contributed by atoms with Crippen LogP contribution in [0.3, 0.4) is 0 Å². The molecule has 3 atom stereocenters. The number of benzene rings is 2. The number of esters is 1. The van der Waals surface area contributed by atoms with Gasteiger partial charge in [0.25, 0.3) is 0 Å². The Kier molecular flexibility index (Phi) is 5.47. The summed E-state index contributed by atoms with van der Waals surface area (Å²) in [4.78, 5) is 13.0. The summed E-state index contributed by atoms with van der Waals surface area (Å²) in [6.45, 7) is 3.66. The van der Waals surface area contributed by atoms with Gasteiger partial charge in [-0.1, -0.05) is 45.8 Å². The van der Waals surface area contributed by atoms with E-state index in [4.69, 9.17) is 10.5 Å². The molecule has 0 aliphatic heterocycles. The highest BCUT2D eigenvalue weighted by molar-refractivity contribution is 9.10. The van der Waals surface area contributed by atoms with Gasteiger partial charge in [-0.3, -0.25) is 4.79 Å². The van der Waals surface area contributed by atoms with Gasteiger partial charge >= 0.3 is 5.97 Å². The van der Waals surface area contributed by atoms with Crippen LogP contribution in [0.5, 0.6) is 0 Å². The van der Waals surface area contributed by atoms with Gasteiger partial charge in [0, 0.05) is 16.9 Å². The second kappa shape index (κ2) is 7.37. The first-order chi connectivity index (χ1) is 12.8. The van der Waals surface area contributed by atoms with Gasteiger partial charge in [-0.25, -0.2) is 8.42 Å². The van der Waals surface area contributed by atoms with E-state index in [0.717, 1.165) is 15.6 Å². The third-order valence-corrected chi connectivity index (χ3v) is 7.98. The molecule has 1 fully saturated rings. The molecular weight excluding hydrogens is 430 g/mol. The summed E-state index contributed by atoms with van der Waals surface area (Å²) < 4.78 is 32.8. The maximum absolute atomic E-state index is 13.4. The zero-order valence-corrected chi connectivity index (χ0v) is 17.6. The maximum Gasteiger partial charge on any atom is 0.315 e. The quantitative estimate of drug-likeness (QED) is 0.681. The first kappa shape index (κ1) is 20.0. The minimum atomic E-state index is -3.77. The number of sulfone groups is 1. The molecule has 144 valence electrons. The molecule has 0 amide bonds. The van der Waals surface area contributed by atoms with Gasteiger partial charge in [-0.05, 0) is 43.7 Å². The normalized spacial score (nSPS) is 24.4. The molecule has 0 aromatic heterocycles. The van der Waals surface area contributed by atoms with Crippen LogP contribution in [0, 0.1) is 12.3 Å². The van der Waals surface area contributed by atoms with E-state index in [0.29, 0.717) is 0 Å². The van der Waals surface area contributed by atoms with Gasteiger partial charge in [0.2, 0.25) is 0 Å². The Morgan fingerprint density at radius 1 is 1.15 bits per heavy atom. The van der Waals surface area contributed by atoms with Crippen LogP contribution in [0.1, 0.15) is 24.0 Å². The van der Waals surface area contributed by atoms with Crippen molar-refractivity contribution >= 4 is 31.7 Å². The van der Waals surface area contributed by atoms with Crippen LogP contribution in [0.15, 0.2) is 57.9 Å². The molecule has 2 N–H and O–H groups in total. The van der Waals surface area contributed by atoms with E-state index < -0.39 is 32.4 Å². The van der Waals surface area contributed by atoms with Crippen molar-refractivity contribution in [3.05, 3.63) is 64.1 Å². The monoisotopic (exact) mass is 451 g/mol. The lowest BCUT2D eigenvalue weighted by Gasteiger charge is -2.14. The van der Waals surface area contributed by atoms with E-state index in [1.54, 1.807) is 31.2 Å². The Morgan fingerprint density at radius 3 is 2.26 bits per heavy atom. The zero-order chi connectivity index (χ0) is 19.8. The van der Waals surface area contributed by atoms with E-state index in [-0.39, 0.29) is 18.0 Å². The van der Waals surface area contributed by atoms with Gasteiger partial charge in [0.15, 0.2) is 9.84 Å². The molecule has 3 rings (SSSR count). The highest BCUT2D eigenvalue weighted by Crippen LogP contribution is 2.64. The van der Waals surface area contributed by atoms with Crippen molar-refractivity contribution in [2.75, 3.05) is 13.2 Å². The Morgan fingerprint density at radius 2 is 1.74 bits per heavy atom. The molecule has 7 heteroatoms. The van der Waals surface area contributed by atoms with E-state index >= 15 is 0 Å². The molecular formula is C20H22BrNO4S. The average Bonchev–Trinajstić information content (AvgIpc) is 3.34. The first-order valence-corrected chi connectivity index (χ1v) is 11.1. The lowest BCUT2D eigenvalue weighted by Crippen LogP contribution is -2.33. The van der Waals surface area contributed by atoms with E-state index in [1.165, 1.54) is 0 Å². The van der Waals surface area contributed by atoms with Gasteiger partial charge in [0.1, 0.15) is 5.41 Å². The molecule has 1 aliphatic carbocycles. The molecule has 0 spiro atoms. The molecule has 2 aromatic rings. The lowest BCUT2D eigenvalue weighted by molar-refractivity contribution is -0.149. The van der Waals surface area contributed by atoms with Crippen LogP contribution in [0.25, 0.3) is 0 Å². The van der Waals surface area contributed by atoms with E-state index in [2.05, 4.69) is 15.9 Å². The molecule has 0 bridgehead atoms. The highest BCUT2D eigenvalue weighted by Gasteiger charge is 2.75. The Labute approximate surface area is 168 Å². The molecule has 2 aromatic carbocycles. The highest BCUT2D eigenvalue weighted by atomic mass is 79.9. The summed E-state index contributed by atoms with van der Waals surface area (Å²) in [6, 6.07) is 14.0.